The van der Waals surface area contributed by atoms with Crippen molar-refractivity contribution in [3.63, 3.8) is 0 Å². The van der Waals surface area contributed by atoms with E-state index in [9.17, 15) is 14.5 Å². The normalized spacial score (nSPS) is 13.7. The van der Waals surface area contributed by atoms with Crippen LogP contribution < -0.4 is 5.32 Å². The third kappa shape index (κ3) is 4.89. The number of carbonyl (C=O) groups excluding carboxylic acids is 2. The number of carbonyl (C=O) groups is 2. The smallest absolute Gasteiger partial charge is 0.336 e. The van der Waals surface area contributed by atoms with E-state index in [2.05, 4.69) is 10.5 Å². The van der Waals surface area contributed by atoms with Crippen LogP contribution in [-0.4, -0.2) is 25.2 Å². The van der Waals surface area contributed by atoms with Gasteiger partial charge in [0.25, 0.3) is 0 Å². The lowest BCUT2D eigenvalue weighted by atomic mass is 9.79. The highest BCUT2D eigenvalue weighted by Gasteiger charge is 2.39. The fraction of sp³-hybridized carbons (Fsp3) is 0.333. The van der Waals surface area contributed by atoms with E-state index in [1.807, 2.05) is 12.1 Å². The van der Waals surface area contributed by atoms with Crippen LogP contribution in [0, 0.1) is 27.6 Å². The first-order valence-corrected chi connectivity index (χ1v) is 9.15. The van der Waals surface area contributed by atoms with Crippen LogP contribution >= 0.6 is 0 Å². The molecule has 2 rings (SSSR count). The van der Waals surface area contributed by atoms with Gasteiger partial charge in [-0.2, -0.15) is 10.5 Å². The Bertz CT molecular complexity index is 943. The molecule has 0 spiro atoms. The number of ether oxygens (including phenoxy) is 2. The number of hydrogen-bond donors (Lipinski definition) is 1. The summed E-state index contributed by atoms with van der Waals surface area (Å²) < 4.78 is 10.4. The number of nitrogens with zero attached hydrogens (tertiary/aromatic N) is 3. The van der Waals surface area contributed by atoms with E-state index in [-0.39, 0.29) is 42.9 Å². The Morgan fingerprint density at radius 3 is 1.97 bits per heavy atom. The minimum Gasteiger partial charge on any atom is -0.461 e. The molecule has 0 fully saturated rings. The van der Waals surface area contributed by atoms with Crippen molar-refractivity contribution in [1.82, 2.24) is 5.32 Å². The maximum atomic E-state index is 12.8. The Morgan fingerprint density at radius 1 is 1.00 bits per heavy atom. The molecule has 1 heterocycles. The molecule has 0 unspecified atom stereocenters. The van der Waals surface area contributed by atoms with Crippen molar-refractivity contribution >= 4 is 17.6 Å². The van der Waals surface area contributed by atoms with Crippen LogP contribution in [0.2, 0.25) is 0 Å². The van der Waals surface area contributed by atoms with E-state index in [1.54, 1.807) is 32.0 Å². The summed E-state index contributed by atoms with van der Waals surface area (Å²) in [7, 11) is 0. The molecule has 0 bridgehead atoms. The number of rotatable bonds is 8. The van der Waals surface area contributed by atoms with E-state index < -0.39 is 17.9 Å². The van der Waals surface area contributed by atoms with Gasteiger partial charge in [-0.05, 0) is 30.7 Å². The summed E-state index contributed by atoms with van der Waals surface area (Å²) in [5, 5.41) is 23.4. The number of nitroso groups, excluding NO2 is 1. The molecule has 0 aromatic heterocycles. The minimum atomic E-state index is -0.968. The van der Waals surface area contributed by atoms with Gasteiger partial charge in [0.15, 0.2) is 0 Å². The number of dihydropyridines is 1. The third-order valence-corrected chi connectivity index (χ3v) is 4.44. The highest BCUT2D eigenvalue weighted by molar-refractivity contribution is 6.00. The van der Waals surface area contributed by atoms with Crippen molar-refractivity contribution in [2.24, 2.45) is 5.18 Å². The Balaban J connectivity index is 2.57. The van der Waals surface area contributed by atoms with E-state index in [1.165, 1.54) is 6.07 Å². The largest absolute Gasteiger partial charge is 0.461 e. The maximum Gasteiger partial charge on any atom is 0.336 e. The number of allylic oxidation sites excluding steroid dienone is 2. The highest BCUT2D eigenvalue weighted by Crippen LogP contribution is 2.42. The summed E-state index contributed by atoms with van der Waals surface area (Å²) in [5.74, 6) is -2.42. The molecular formula is C21H20N4O5. The molecule has 0 aliphatic carbocycles. The Labute approximate surface area is 173 Å². The fourth-order valence-corrected chi connectivity index (χ4v) is 3.20. The first kappa shape index (κ1) is 22.3. The van der Waals surface area contributed by atoms with Gasteiger partial charge >= 0.3 is 11.9 Å². The van der Waals surface area contributed by atoms with Crippen molar-refractivity contribution in [1.29, 1.82) is 10.5 Å². The van der Waals surface area contributed by atoms with Crippen LogP contribution in [0.25, 0.3) is 0 Å². The Kier molecular flexibility index (Phi) is 7.83. The average Bonchev–Trinajstić information content (AvgIpc) is 2.73. The highest BCUT2D eigenvalue weighted by atomic mass is 16.5. The number of esters is 2. The molecule has 9 heteroatoms. The second kappa shape index (κ2) is 10.5. The van der Waals surface area contributed by atoms with Crippen LogP contribution in [0.5, 0.6) is 0 Å². The van der Waals surface area contributed by atoms with E-state index in [4.69, 9.17) is 20.0 Å². The van der Waals surface area contributed by atoms with Gasteiger partial charge in [0.2, 0.25) is 0 Å². The molecule has 1 aliphatic heterocycles. The number of nitriles is 2. The lowest BCUT2D eigenvalue weighted by molar-refractivity contribution is -0.139. The molecule has 30 heavy (non-hydrogen) atoms. The van der Waals surface area contributed by atoms with Gasteiger partial charge in [-0.1, -0.05) is 18.2 Å². The van der Waals surface area contributed by atoms with Crippen LogP contribution in [0.15, 0.2) is 52.0 Å². The number of hydrogen-bond acceptors (Lipinski definition) is 9. The first-order chi connectivity index (χ1) is 14.5. The van der Waals surface area contributed by atoms with Gasteiger partial charge < -0.3 is 14.8 Å². The van der Waals surface area contributed by atoms with Crippen LogP contribution in [0.1, 0.15) is 38.2 Å². The molecule has 0 amide bonds. The zero-order valence-electron chi connectivity index (χ0n) is 16.6. The lowest BCUT2D eigenvalue weighted by Gasteiger charge is -2.30. The number of nitrogens with one attached hydrogen (secondary N) is 1. The monoisotopic (exact) mass is 408 g/mol. The second-order valence-electron chi connectivity index (χ2n) is 6.37. The molecule has 1 aromatic carbocycles. The Morgan fingerprint density at radius 2 is 1.50 bits per heavy atom. The number of benzene rings is 1. The average molecular weight is 408 g/mol. The molecule has 0 saturated carbocycles. The minimum absolute atomic E-state index is 0.0145. The summed E-state index contributed by atoms with van der Waals surface area (Å²) in [6.45, 7) is 3.06. The van der Waals surface area contributed by atoms with Crippen LogP contribution in [0.4, 0.5) is 5.69 Å². The molecule has 1 aromatic rings. The molecule has 0 saturated heterocycles. The fourth-order valence-electron chi connectivity index (χ4n) is 3.20. The third-order valence-electron chi connectivity index (χ3n) is 4.44. The molecule has 0 radical (unpaired) electrons. The molecule has 154 valence electrons. The topological polar surface area (TPSA) is 142 Å². The zero-order chi connectivity index (χ0) is 22.1. The van der Waals surface area contributed by atoms with Gasteiger partial charge in [-0.25, -0.2) is 9.59 Å². The SMILES string of the molecule is CC1=C(C(=O)OCCC#N)C(c2ccccc2N=O)C(C(=O)OCCC#N)=C(C)N1. The molecule has 1 aliphatic rings. The second-order valence-corrected chi connectivity index (χ2v) is 6.37. The molecular weight excluding hydrogens is 388 g/mol. The van der Waals surface area contributed by atoms with Gasteiger partial charge in [0.05, 0.1) is 42.0 Å². The quantitative estimate of drug-likeness (QED) is 0.392. The van der Waals surface area contributed by atoms with E-state index in [0.29, 0.717) is 17.0 Å². The summed E-state index contributed by atoms with van der Waals surface area (Å²) in [4.78, 5) is 37.1. The van der Waals surface area contributed by atoms with Crippen LogP contribution in [-0.2, 0) is 19.1 Å². The van der Waals surface area contributed by atoms with Crippen molar-refractivity contribution in [3.05, 3.63) is 57.3 Å². The van der Waals surface area contributed by atoms with Crippen LogP contribution in [0.3, 0.4) is 0 Å². The summed E-state index contributed by atoms with van der Waals surface area (Å²) >= 11 is 0. The molecule has 9 nitrogen and oxygen atoms in total. The molecule has 0 atom stereocenters. The predicted octanol–water partition coefficient (Wildman–Crippen LogP) is 3.23. The van der Waals surface area contributed by atoms with Gasteiger partial charge in [-0.15, -0.1) is 4.91 Å². The summed E-state index contributed by atoms with van der Waals surface area (Å²) in [6.07, 6.45) is 0.0289. The standard InChI is InChI=1S/C21H20N4O5/c1-13-17(20(26)29-11-5-9-22)19(15-7-3-4-8-16(15)25-28)18(14(2)24-13)21(27)30-12-6-10-23/h3-4,7-8,19,24H,5-6,11-12H2,1-2H3. The summed E-state index contributed by atoms with van der Waals surface area (Å²) in [6, 6.07) is 10.1. The van der Waals surface area contributed by atoms with Crippen molar-refractivity contribution in [2.75, 3.05) is 13.2 Å². The summed E-state index contributed by atoms with van der Waals surface area (Å²) in [5.41, 5.74) is 1.51. The van der Waals surface area contributed by atoms with E-state index >= 15 is 0 Å². The lowest BCUT2D eigenvalue weighted by Crippen LogP contribution is -2.32. The molecule has 1 N–H and O–H groups in total. The maximum absolute atomic E-state index is 12.8. The van der Waals surface area contributed by atoms with Crippen molar-refractivity contribution in [3.8, 4) is 12.1 Å². The Hall–Kier alpha value is -3.98. The zero-order valence-corrected chi connectivity index (χ0v) is 16.6. The van der Waals surface area contributed by atoms with E-state index in [0.717, 1.165) is 0 Å². The first-order valence-electron chi connectivity index (χ1n) is 9.15. The van der Waals surface area contributed by atoms with Gasteiger partial charge in [0, 0.05) is 11.4 Å². The van der Waals surface area contributed by atoms with Crippen molar-refractivity contribution < 1.29 is 19.1 Å². The van der Waals surface area contributed by atoms with Crippen molar-refractivity contribution in [2.45, 2.75) is 32.6 Å². The van der Waals surface area contributed by atoms with Gasteiger partial charge in [0.1, 0.15) is 18.9 Å². The van der Waals surface area contributed by atoms with Gasteiger partial charge in [-0.3, -0.25) is 0 Å². The predicted molar refractivity (Wildman–Crippen MR) is 106 cm³/mol.